The highest BCUT2D eigenvalue weighted by Crippen LogP contribution is 2.69. The summed E-state index contributed by atoms with van der Waals surface area (Å²) in [6.07, 6.45) is 0.112. The number of alkyl halides is 2. The number of amides is 3. The van der Waals surface area contributed by atoms with E-state index in [9.17, 15) is 14.4 Å². The van der Waals surface area contributed by atoms with Crippen LogP contribution >= 0.6 is 23.2 Å². The van der Waals surface area contributed by atoms with E-state index in [1.807, 2.05) is 91.9 Å². The van der Waals surface area contributed by atoms with Gasteiger partial charge in [-0.25, -0.2) is 0 Å². The highest BCUT2D eigenvalue weighted by molar-refractivity contribution is 6.36. The molecule has 1 aliphatic heterocycles. The van der Waals surface area contributed by atoms with Crippen molar-refractivity contribution >= 4 is 46.6 Å². The number of likely N-dealkylation sites (tertiary alicyclic amines) is 1. The van der Waals surface area contributed by atoms with Gasteiger partial charge in [0.05, 0.1) is 11.8 Å². The topological polar surface area (TPSA) is 75.7 Å². The van der Waals surface area contributed by atoms with Crippen molar-refractivity contribution in [3.05, 3.63) is 160 Å². The summed E-state index contributed by atoms with van der Waals surface area (Å²) < 4.78 is 6.26. The van der Waals surface area contributed by atoms with E-state index in [4.69, 9.17) is 27.9 Å². The van der Waals surface area contributed by atoms with Crippen molar-refractivity contribution in [3.63, 3.8) is 0 Å². The predicted octanol–water partition coefficient (Wildman–Crippen LogP) is 9.05. The minimum atomic E-state index is -1.34. The Kier molecular flexibility index (Phi) is 8.08. The third kappa shape index (κ3) is 5.10. The molecule has 0 unspecified atom stereocenters. The Balaban J connectivity index is 1.14. The Morgan fingerprint density at radius 1 is 0.745 bits per heavy atom. The van der Waals surface area contributed by atoms with Crippen LogP contribution in [0.5, 0.6) is 11.5 Å². The number of nitrogens with one attached hydrogen (secondary N) is 1. The molecule has 256 valence electrons. The lowest BCUT2D eigenvalue weighted by molar-refractivity contribution is -0.146. The van der Waals surface area contributed by atoms with Crippen molar-refractivity contribution in [2.45, 2.75) is 48.9 Å². The largest absolute Gasteiger partial charge is 0.457 e. The molecule has 5 aromatic carbocycles. The number of hydrogen-bond donors (Lipinski definition) is 1. The van der Waals surface area contributed by atoms with Crippen LogP contribution in [0.25, 0.3) is 0 Å². The van der Waals surface area contributed by atoms with Gasteiger partial charge in [-0.1, -0.05) is 105 Å². The number of nitrogens with zero attached hydrogens (tertiary/aromatic N) is 1. The first-order valence-electron chi connectivity index (χ1n) is 17.2. The van der Waals surface area contributed by atoms with E-state index < -0.39 is 45.3 Å². The summed E-state index contributed by atoms with van der Waals surface area (Å²) in [5.41, 5.74) is 6.33. The highest BCUT2D eigenvalue weighted by Gasteiger charge is 2.73. The van der Waals surface area contributed by atoms with Gasteiger partial charge in [-0.05, 0) is 82.1 Å². The summed E-state index contributed by atoms with van der Waals surface area (Å²) in [6.45, 7) is 6.26. The van der Waals surface area contributed by atoms with Gasteiger partial charge in [-0.15, -0.1) is 23.2 Å². The second kappa shape index (κ2) is 12.4. The van der Waals surface area contributed by atoms with Gasteiger partial charge in [0.2, 0.25) is 17.7 Å². The van der Waals surface area contributed by atoms with Crippen molar-refractivity contribution in [2.24, 2.45) is 11.8 Å². The maximum atomic E-state index is 14.8. The Morgan fingerprint density at radius 3 is 1.76 bits per heavy atom. The molecule has 1 heterocycles. The zero-order chi connectivity index (χ0) is 35.7. The minimum Gasteiger partial charge on any atom is -0.457 e. The fourth-order valence-electron chi connectivity index (χ4n) is 8.30. The minimum absolute atomic E-state index is 0.112. The molecule has 8 heteroatoms. The normalized spacial score (nSPS) is 23.5. The van der Waals surface area contributed by atoms with Crippen LogP contribution in [0.1, 0.15) is 58.7 Å². The van der Waals surface area contributed by atoms with Crippen LogP contribution < -0.4 is 10.1 Å². The van der Waals surface area contributed by atoms with Gasteiger partial charge in [0.1, 0.15) is 27.3 Å². The molecule has 2 bridgehead atoms. The van der Waals surface area contributed by atoms with Gasteiger partial charge in [0.15, 0.2) is 0 Å². The number of carbonyl (C=O) groups excluding carboxylic acids is 3. The smallest absolute Gasteiger partial charge is 0.248 e. The molecule has 9 rings (SSSR count). The lowest BCUT2D eigenvalue weighted by atomic mass is 9.54. The number of anilines is 1. The first kappa shape index (κ1) is 33.2. The first-order valence-corrected chi connectivity index (χ1v) is 18.0. The van der Waals surface area contributed by atoms with Gasteiger partial charge >= 0.3 is 0 Å². The van der Waals surface area contributed by atoms with Crippen LogP contribution in [0.15, 0.2) is 121 Å². The van der Waals surface area contributed by atoms with Crippen molar-refractivity contribution in [3.8, 4) is 11.5 Å². The SMILES string of the molecule is Cc1ccc(C(C)C)c(Oc2ccc(NC(=O)[C@H](Cc3ccccc3)N3C(=O)[C@@H]4[C@@H](C3=O)C3(Cl)c5ccccc5C4(Cl)c4ccccc43)cc2)c1. The fourth-order valence-corrected chi connectivity index (χ4v) is 9.40. The van der Waals surface area contributed by atoms with E-state index in [2.05, 4.69) is 31.3 Å². The molecule has 6 nitrogen and oxygen atoms in total. The maximum absolute atomic E-state index is 14.8. The van der Waals surface area contributed by atoms with Gasteiger partial charge in [-0.2, -0.15) is 0 Å². The number of rotatable bonds is 8. The Morgan fingerprint density at radius 2 is 1.25 bits per heavy atom. The van der Waals surface area contributed by atoms with Gasteiger partial charge in [-0.3, -0.25) is 19.3 Å². The van der Waals surface area contributed by atoms with Crippen LogP contribution in [-0.2, 0) is 30.6 Å². The number of halogens is 2. The molecule has 5 aromatic rings. The first-order chi connectivity index (χ1) is 24.5. The zero-order valence-electron chi connectivity index (χ0n) is 28.4. The summed E-state index contributed by atoms with van der Waals surface area (Å²) >= 11 is 15.3. The van der Waals surface area contributed by atoms with Crippen LogP contribution in [0, 0.1) is 18.8 Å². The molecular weight excluding hydrogens is 679 g/mol. The molecule has 51 heavy (non-hydrogen) atoms. The standard InChI is InChI=1S/C43H36Cl2N2O4/c1-25(2)30-22-17-26(3)23-36(30)51-29-20-18-28(19-21-29)46-39(48)35(24-27-11-5-4-6-12-27)47-40(49)37-38(41(47)50)43(45)32-14-8-7-13-31(32)42(37,44)33-15-9-10-16-34(33)43/h4-23,25,35,37-38H,24H2,1-3H3,(H,46,48)/t35-,37-,38-,42?,43?/m0/s1. The molecule has 0 saturated carbocycles. The molecule has 0 spiro atoms. The molecular formula is C43H36Cl2N2O4. The average Bonchev–Trinajstić information content (AvgIpc) is 3.41. The Bertz CT molecular complexity index is 2080. The number of carbonyl (C=O) groups is 3. The number of aryl methyl sites for hydroxylation is 1. The van der Waals surface area contributed by atoms with Crippen LogP contribution in [0.4, 0.5) is 5.69 Å². The van der Waals surface area contributed by atoms with Crippen LogP contribution in [-0.4, -0.2) is 28.7 Å². The van der Waals surface area contributed by atoms with E-state index >= 15 is 0 Å². The fraction of sp³-hybridized carbons (Fsp3) is 0.233. The van der Waals surface area contributed by atoms with E-state index in [1.165, 1.54) is 0 Å². The summed E-state index contributed by atoms with van der Waals surface area (Å²) in [6, 6.07) is 36.4. The monoisotopic (exact) mass is 714 g/mol. The van der Waals surface area contributed by atoms with Gasteiger partial charge in [0, 0.05) is 12.1 Å². The second-order valence-electron chi connectivity index (χ2n) is 14.0. The predicted molar refractivity (Wildman–Crippen MR) is 199 cm³/mol. The van der Waals surface area contributed by atoms with Crippen LogP contribution in [0.2, 0.25) is 0 Å². The van der Waals surface area contributed by atoms with Crippen molar-refractivity contribution in [1.82, 2.24) is 4.90 Å². The quantitative estimate of drug-likeness (QED) is 0.129. The second-order valence-corrected chi connectivity index (χ2v) is 15.2. The van der Waals surface area contributed by atoms with E-state index in [-0.39, 0.29) is 12.3 Å². The molecule has 3 amide bonds. The molecule has 1 fully saturated rings. The van der Waals surface area contributed by atoms with Crippen molar-refractivity contribution < 1.29 is 19.1 Å². The molecule has 0 aromatic heterocycles. The number of imide groups is 1. The molecule has 3 aliphatic carbocycles. The summed E-state index contributed by atoms with van der Waals surface area (Å²) in [5, 5.41) is 2.98. The molecule has 3 atom stereocenters. The third-order valence-electron chi connectivity index (χ3n) is 10.6. The number of hydrogen-bond acceptors (Lipinski definition) is 4. The summed E-state index contributed by atoms with van der Waals surface area (Å²) in [4.78, 5) is 42.4. The van der Waals surface area contributed by atoms with E-state index in [0.29, 0.717) is 33.7 Å². The number of ether oxygens (including phenoxy) is 1. The van der Waals surface area contributed by atoms with Gasteiger partial charge < -0.3 is 10.1 Å². The molecule has 0 radical (unpaired) electrons. The summed E-state index contributed by atoms with van der Waals surface area (Å²) in [5.74, 6) is -1.84. The average molecular weight is 716 g/mol. The van der Waals surface area contributed by atoms with Crippen LogP contribution in [0.3, 0.4) is 0 Å². The Labute approximate surface area is 307 Å². The zero-order valence-corrected chi connectivity index (χ0v) is 29.9. The molecule has 1 saturated heterocycles. The highest BCUT2D eigenvalue weighted by atomic mass is 35.5. The van der Waals surface area contributed by atoms with Crippen molar-refractivity contribution in [2.75, 3.05) is 5.32 Å². The molecule has 4 aliphatic rings. The van der Waals surface area contributed by atoms with Crippen molar-refractivity contribution in [1.29, 1.82) is 0 Å². The lowest BCUT2D eigenvalue weighted by Gasteiger charge is -2.54. The third-order valence-corrected chi connectivity index (χ3v) is 11.9. The lowest BCUT2D eigenvalue weighted by Crippen LogP contribution is -2.57. The van der Waals surface area contributed by atoms with E-state index in [1.54, 1.807) is 24.3 Å². The molecule has 1 N–H and O–H groups in total. The summed E-state index contributed by atoms with van der Waals surface area (Å²) in [7, 11) is 0. The maximum Gasteiger partial charge on any atom is 0.248 e. The Hall–Kier alpha value is -4.91. The van der Waals surface area contributed by atoms with Gasteiger partial charge in [0.25, 0.3) is 0 Å². The van der Waals surface area contributed by atoms with E-state index in [0.717, 1.165) is 27.3 Å². The number of benzene rings is 5.